The highest BCUT2D eigenvalue weighted by Crippen LogP contribution is 2.36. The third kappa shape index (κ3) is 6.05. The van der Waals surface area contributed by atoms with Crippen molar-refractivity contribution in [3.8, 4) is 22.9 Å². The van der Waals surface area contributed by atoms with Gasteiger partial charge < -0.3 is 9.84 Å². The number of aliphatic hydroxyl groups excluding tert-OH is 1. The molecule has 200 valence electrons. The molecule has 0 fully saturated rings. The summed E-state index contributed by atoms with van der Waals surface area (Å²) in [5.74, 6) is -0.271. The number of nitriles is 1. The maximum atomic E-state index is 13.7. The molecule has 9 heteroatoms. The predicted octanol–water partition coefficient (Wildman–Crippen LogP) is 4.26. The van der Waals surface area contributed by atoms with Crippen molar-refractivity contribution >= 4 is 10.0 Å². The van der Waals surface area contributed by atoms with E-state index in [1.54, 1.807) is 43.3 Å². The Morgan fingerprint density at radius 1 is 1.16 bits per heavy atom. The average Bonchev–Trinajstić information content (AvgIpc) is 2.90. The van der Waals surface area contributed by atoms with Crippen LogP contribution in [0.2, 0.25) is 0 Å². The molecule has 0 spiro atoms. The first-order valence-electron chi connectivity index (χ1n) is 12.5. The molecule has 3 aromatic carbocycles. The Morgan fingerprint density at radius 2 is 1.87 bits per heavy atom. The maximum Gasteiger partial charge on any atom is 0.247 e. The summed E-state index contributed by atoms with van der Waals surface area (Å²) in [5, 5.41) is 19.0. The van der Waals surface area contributed by atoms with Crippen molar-refractivity contribution < 1.29 is 22.7 Å². The van der Waals surface area contributed by atoms with E-state index in [-0.39, 0.29) is 41.6 Å². The number of hydrogen-bond donors (Lipinski definition) is 1. The molecule has 0 saturated heterocycles. The number of likely N-dealkylation sites (N-methyl/N-ethyl adjacent to an activating group) is 1. The van der Waals surface area contributed by atoms with Crippen molar-refractivity contribution in [1.82, 2.24) is 9.21 Å². The zero-order chi connectivity index (χ0) is 27.4. The van der Waals surface area contributed by atoms with E-state index in [9.17, 15) is 17.9 Å². The lowest BCUT2D eigenvalue weighted by Gasteiger charge is -2.37. The smallest absolute Gasteiger partial charge is 0.247 e. The second-order valence-electron chi connectivity index (χ2n) is 9.92. The van der Waals surface area contributed by atoms with Gasteiger partial charge in [-0.3, -0.25) is 4.90 Å². The van der Waals surface area contributed by atoms with Gasteiger partial charge in [0, 0.05) is 31.6 Å². The quantitative estimate of drug-likeness (QED) is 0.484. The second-order valence-corrected chi connectivity index (χ2v) is 11.8. The number of ether oxygens (including phenoxy) is 1. The van der Waals surface area contributed by atoms with Crippen LogP contribution < -0.4 is 4.74 Å². The summed E-state index contributed by atoms with van der Waals surface area (Å²) >= 11 is 0. The summed E-state index contributed by atoms with van der Waals surface area (Å²) in [5.41, 5.74) is 2.93. The molecule has 0 saturated carbocycles. The zero-order valence-electron chi connectivity index (χ0n) is 21.7. The highest BCUT2D eigenvalue weighted by molar-refractivity contribution is 7.89. The Bertz CT molecular complexity index is 1420. The van der Waals surface area contributed by atoms with E-state index in [1.165, 1.54) is 16.4 Å². The van der Waals surface area contributed by atoms with Gasteiger partial charge in [0.1, 0.15) is 22.6 Å². The van der Waals surface area contributed by atoms with Gasteiger partial charge in [0.25, 0.3) is 0 Å². The number of halogens is 1. The minimum atomic E-state index is -3.95. The topological polar surface area (TPSA) is 93.9 Å². The van der Waals surface area contributed by atoms with Gasteiger partial charge in [0.2, 0.25) is 10.0 Å². The van der Waals surface area contributed by atoms with Crippen molar-refractivity contribution in [3.05, 3.63) is 83.7 Å². The van der Waals surface area contributed by atoms with E-state index in [1.807, 2.05) is 37.1 Å². The Hall–Kier alpha value is -3.29. The van der Waals surface area contributed by atoms with Gasteiger partial charge >= 0.3 is 0 Å². The molecule has 1 heterocycles. The first-order valence-corrected chi connectivity index (χ1v) is 13.9. The molecule has 0 aromatic heterocycles. The summed E-state index contributed by atoms with van der Waals surface area (Å²) in [6.07, 6.45) is -0.382. The van der Waals surface area contributed by atoms with Gasteiger partial charge in [0.15, 0.2) is 0 Å². The zero-order valence-corrected chi connectivity index (χ0v) is 22.5. The normalized spacial score (nSPS) is 20.0. The van der Waals surface area contributed by atoms with Crippen LogP contribution in [0.1, 0.15) is 25.0 Å². The van der Waals surface area contributed by atoms with Crippen LogP contribution in [-0.4, -0.2) is 61.6 Å². The number of nitrogens with zero attached hydrogens (tertiary/aromatic N) is 3. The molecule has 3 aromatic rings. The number of aliphatic hydroxyl groups is 1. The van der Waals surface area contributed by atoms with Crippen molar-refractivity contribution in [1.29, 1.82) is 5.26 Å². The monoisotopic (exact) mass is 537 g/mol. The van der Waals surface area contributed by atoms with Crippen LogP contribution in [0.3, 0.4) is 0 Å². The van der Waals surface area contributed by atoms with E-state index in [2.05, 4.69) is 6.07 Å². The van der Waals surface area contributed by atoms with Gasteiger partial charge in [-0.2, -0.15) is 9.57 Å². The molecule has 4 rings (SSSR count). The predicted molar refractivity (Wildman–Crippen MR) is 143 cm³/mol. The van der Waals surface area contributed by atoms with E-state index in [4.69, 9.17) is 10.00 Å². The van der Waals surface area contributed by atoms with E-state index < -0.39 is 16.1 Å². The second kappa shape index (κ2) is 11.6. The van der Waals surface area contributed by atoms with Crippen molar-refractivity contribution in [3.63, 3.8) is 0 Å². The lowest BCUT2D eigenvalue weighted by Crippen LogP contribution is -2.49. The summed E-state index contributed by atoms with van der Waals surface area (Å²) in [7, 11) is -2.04. The van der Waals surface area contributed by atoms with Gasteiger partial charge in [-0.05, 0) is 67.1 Å². The van der Waals surface area contributed by atoms with Gasteiger partial charge in [-0.1, -0.05) is 37.3 Å². The molecule has 1 aliphatic heterocycles. The first kappa shape index (κ1) is 27.7. The largest absolute Gasteiger partial charge is 0.487 e. The molecule has 0 unspecified atom stereocenters. The van der Waals surface area contributed by atoms with Crippen molar-refractivity contribution in [2.24, 2.45) is 5.92 Å². The number of hydrogen-bond acceptors (Lipinski definition) is 6. The molecule has 0 amide bonds. The third-order valence-electron chi connectivity index (χ3n) is 6.85. The molecule has 7 nitrogen and oxygen atoms in total. The Balaban J connectivity index is 1.72. The van der Waals surface area contributed by atoms with Crippen molar-refractivity contribution in [2.45, 2.75) is 37.4 Å². The molecule has 1 aliphatic rings. The lowest BCUT2D eigenvalue weighted by atomic mass is 10.0. The SMILES string of the molecule is C[C@H]1CN([C@@H](C)CO)S(=O)(=O)c2ccc(-c3ccc(C#N)cc3)cc2O[C@H]1CN(C)Cc1cccc(F)c1. The molecule has 0 aliphatic carbocycles. The Labute approximate surface area is 223 Å². The maximum absolute atomic E-state index is 13.7. The summed E-state index contributed by atoms with van der Waals surface area (Å²) in [6.45, 7) is 4.46. The number of fused-ring (bicyclic) bond motifs is 1. The molecular weight excluding hydrogens is 505 g/mol. The van der Waals surface area contributed by atoms with Gasteiger partial charge in [-0.15, -0.1) is 0 Å². The average molecular weight is 538 g/mol. The van der Waals surface area contributed by atoms with Crippen LogP contribution in [0.5, 0.6) is 5.75 Å². The van der Waals surface area contributed by atoms with Crippen LogP contribution in [0.25, 0.3) is 11.1 Å². The molecular formula is C29H32FN3O4S. The number of rotatable bonds is 7. The standard InChI is InChI=1S/C29H32FN3O4S/c1-20-16-33(21(2)19-34)38(35,36)29-12-11-25(24-9-7-22(15-31)8-10-24)14-27(29)37-28(20)18-32(3)17-23-5-4-6-26(30)13-23/h4-14,20-21,28,34H,16-19H2,1-3H3/t20-,21-,28-/m0/s1. The van der Waals surface area contributed by atoms with E-state index in [0.717, 1.165) is 16.7 Å². The van der Waals surface area contributed by atoms with Crippen LogP contribution in [0.15, 0.2) is 71.6 Å². The van der Waals surface area contributed by atoms with E-state index in [0.29, 0.717) is 18.7 Å². The first-order chi connectivity index (χ1) is 18.1. The fourth-order valence-corrected chi connectivity index (χ4v) is 6.50. The van der Waals surface area contributed by atoms with Crippen LogP contribution in [-0.2, 0) is 16.6 Å². The third-order valence-corrected chi connectivity index (χ3v) is 8.87. The van der Waals surface area contributed by atoms with Gasteiger partial charge in [-0.25, -0.2) is 12.8 Å². The van der Waals surface area contributed by atoms with E-state index >= 15 is 0 Å². The minimum absolute atomic E-state index is 0.0416. The number of sulfonamides is 1. The molecule has 0 radical (unpaired) electrons. The van der Waals surface area contributed by atoms with Gasteiger partial charge in [0.05, 0.1) is 18.2 Å². The molecule has 1 N–H and O–H groups in total. The summed E-state index contributed by atoms with van der Waals surface area (Å²) in [6, 6.07) is 19.9. The Morgan fingerprint density at radius 3 is 2.53 bits per heavy atom. The highest BCUT2D eigenvalue weighted by atomic mass is 32.2. The molecule has 3 atom stereocenters. The minimum Gasteiger partial charge on any atom is -0.487 e. The highest BCUT2D eigenvalue weighted by Gasteiger charge is 2.38. The fraction of sp³-hybridized carbons (Fsp3) is 0.345. The summed E-state index contributed by atoms with van der Waals surface area (Å²) in [4.78, 5) is 2.07. The molecule has 38 heavy (non-hydrogen) atoms. The van der Waals surface area contributed by atoms with Crippen LogP contribution in [0, 0.1) is 23.1 Å². The Kier molecular flexibility index (Phi) is 8.48. The lowest BCUT2D eigenvalue weighted by molar-refractivity contribution is 0.0734. The van der Waals surface area contributed by atoms with Crippen LogP contribution >= 0.6 is 0 Å². The summed E-state index contributed by atoms with van der Waals surface area (Å²) < 4.78 is 48.9. The van der Waals surface area contributed by atoms with Crippen LogP contribution in [0.4, 0.5) is 4.39 Å². The fourth-order valence-electron chi connectivity index (χ4n) is 4.68. The number of benzene rings is 3. The molecule has 0 bridgehead atoms. The van der Waals surface area contributed by atoms with Crippen molar-refractivity contribution in [2.75, 3.05) is 26.7 Å².